The van der Waals surface area contributed by atoms with E-state index in [1.54, 1.807) is 0 Å². The third-order valence-corrected chi connectivity index (χ3v) is 6.71. The normalized spacial score (nSPS) is 27.0. The maximum atomic E-state index is 8.82. The van der Waals surface area contributed by atoms with Gasteiger partial charge in [0, 0.05) is 25.7 Å². The molecule has 1 spiro atoms. The molecule has 144 valence electrons. The minimum absolute atomic E-state index is 0.126. The number of nitrogens with zero attached hydrogens (tertiary/aromatic N) is 2. The number of aliphatic hydroxyl groups is 1. The van der Waals surface area contributed by atoms with Crippen molar-refractivity contribution < 1.29 is 9.84 Å². The van der Waals surface area contributed by atoms with Gasteiger partial charge in [0.1, 0.15) is 0 Å². The number of ether oxygens (including phenoxy) is 1. The highest BCUT2D eigenvalue weighted by Crippen LogP contribution is 2.47. The van der Waals surface area contributed by atoms with Crippen molar-refractivity contribution in [1.82, 2.24) is 9.80 Å². The SMILES string of the molecule is OCCOCCN1CCC2(CC1)CC(c1ccccc1)CN(C1CC1)C2. The lowest BCUT2D eigenvalue weighted by atomic mass is 9.68. The first kappa shape index (κ1) is 18.4. The highest BCUT2D eigenvalue weighted by Gasteiger charge is 2.45. The van der Waals surface area contributed by atoms with E-state index in [2.05, 4.69) is 40.1 Å². The summed E-state index contributed by atoms with van der Waals surface area (Å²) in [4.78, 5) is 5.37. The van der Waals surface area contributed by atoms with Crippen LogP contribution >= 0.6 is 0 Å². The summed E-state index contributed by atoms with van der Waals surface area (Å²) >= 11 is 0. The Morgan fingerprint density at radius 1 is 1.08 bits per heavy atom. The van der Waals surface area contributed by atoms with Gasteiger partial charge in [0.25, 0.3) is 0 Å². The number of hydrogen-bond acceptors (Lipinski definition) is 4. The largest absolute Gasteiger partial charge is 0.394 e. The Bertz CT molecular complexity index is 553. The first-order valence-electron chi connectivity index (χ1n) is 10.5. The molecule has 1 N–H and O–H groups in total. The molecule has 2 saturated heterocycles. The summed E-state index contributed by atoms with van der Waals surface area (Å²) in [5.41, 5.74) is 2.04. The Labute approximate surface area is 158 Å². The summed E-state index contributed by atoms with van der Waals surface area (Å²) in [7, 11) is 0. The molecule has 0 radical (unpaired) electrons. The van der Waals surface area contributed by atoms with Gasteiger partial charge in [0.2, 0.25) is 0 Å². The number of benzene rings is 1. The molecule has 26 heavy (non-hydrogen) atoms. The van der Waals surface area contributed by atoms with Gasteiger partial charge < -0.3 is 14.7 Å². The molecule has 4 nitrogen and oxygen atoms in total. The molecule has 4 rings (SSSR count). The van der Waals surface area contributed by atoms with Gasteiger partial charge in [-0.25, -0.2) is 0 Å². The number of piperidine rings is 2. The predicted molar refractivity (Wildman–Crippen MR) is 104 cm³/mol. The Hall–Kier alpha value is -0.940. The Morgan fingerprint density at radius 2 is 1.85 bits per heavy atom. The quantitative estimate of drug-likeness (QED) is 0.761. The average Bonchev–Trinajstić information content (AvgIpc) is 3.53. The van der Waals surface area contributed by atoms with Crippen LogP contribution in [0.4, 0.5) is 0 Å². The van der Waals surface area contributed by atoms with E-state index in [1.807, 2.05) is 0 Å². The van der Waals surface area contributed by atoms with Crippen molar-refractivity contribution in [3.8, 4) is 0 Å². The molecule has 3 aliphatic rings. The summed E-state index contributed by atoms with van der Waals surface area (Å²) in [5.74, 6) is 0.699. The molecule has 1 aromatic rings. The summed E-state index contributed by atoms with van der Waals surface area (Å²) in [5, 5.41) is 8.82. The number of aliphatic hydroxyl groups excluding tert-OH is 1. The van der Waals surface area contributed by atoms with E-state index in [0.29, 0.717) is 17.9 Å². The topological polar surface area (TPSA) is 35.9 Å². The molecule has 1 aliphatic carbocycles. The van der Waals surface area contributed by atoms with Crippen LogP contribution in [-0.4, -0.2) is 73.5 Å². The van der Waals surface area contributed by atoms with E-state index < -0.39 is 0 Å². The van der Waals surface area contributed by atoms with Gasteiger partial charge in [-0.1, -0.05) is 30.3 Å². The van der Waals surface area contributed by atoms with Crippen LogP contribution in [-0.2, 0) is 4.74 Å². The predicted octanol–water partition coefficient (Wildman–Crippen LogP) is 2.73. The fourth-order valence-electron chi connectivity index (χ4n) is 5.07. The Kier molecular flexibility index (Phi) is 5.94. The summed E-state index contributed by atoms with van der Waals surface area (Å²) in [6.45, 7) is 7.31. The number of rotatable bonds is 7. The standard InChI is InChI=1S/C22H34N2O2/c25-13-15-26-14-12-23-10-8-22(9-11-23)16-20(19-4-2-1-3-5-19)17-24(18-22)21-6-7-21/h1-5,20-21,25H,6-18H2. The molecule has 3 fully saturated rings. The van der Waals surface area contributed by atoms with Gasteiger partial charge in [0.05, 0.1) is 19.8 Å². The van der Waals surface area contributed by atoms with E-state index in [4.69, 9.17) is 9.84 Å². The van der Waals surface area contributed by atoms with E-state index in [1.165, 1.54) is 63.8 Å². The summed E-state index contributed by atoms with van der Waals surface area (Å²) in [6.07, 6.45) is 6.81. The molecule has 4 heteroatoms. The van der Waals surface area contributed by atoms with Crippen LogP contribution < -0.4 is 0 Å². The molecule has 2 heterocycles. The minimum Gasteiger partial charge on any atom is -0.394 e. The van der Waals surface area contributed by atoms with Crippen LogP contribution in [0.3, 0.4) is 0 Å². The monoisotopic (exact) mass is 358 g/mol. The molecule has 0 amide bonds. The first-order chi connectivity index (χ1) is 12.8. The van der Waals surface area contributed by atoms with Crippen LogP contribution in [0.5, 0.6) is 0 Å². The van der Waals surface area contributed by atoms with Gasteiger partial charge >= 0.3 is 0 Å². The third-order valence-electron chi connectivity index (χ3n) is 6.71. The molecule has 1 aromatic carbocycles. The van der Waals surface area contributed by atoms with E-state index >= 15 is 0 Å². The molecular weight excluding hydrogens is 324 g/mol. The second kappa shape index (κ2) is 8.39. The molecule has 0 aromatic heterocycles. The molecule has 0 bridgehead atoms. The lowest BCUT2D eigenvalue weighted by Crippen LogP contribution is -2.52. The van der Waals surface area contributed by atoms with Gasteiger partial charge in [-0.2, -0.15) is 0 Å². The fraction of sp³-hybridized carbons (Fsp3) is 0.727. The lowest BCUT2D eigenvalue weighted by Gasteiger charge is -2.50. The van der Waals surface area contributed by atoms with Crippen molar-refractivity contribution in [2.45, 2.75) is 44.1 Å². The highest BCUT2D eigenvalue weighted by molar-refractivity contribution is 5.22. The molecule has 2 aliphatic heterocycles. The second-order valence-corrected chi connectivity index (χ2v) is 8.65. The molecular formula is C22H34N2O2. The highest BCUT2D eigenvalue weighted by atomic mass is 16.5. The van der Waals surface area contributed by atoms with Crippen molar-refractivity contribution in [3.63, 3.8) is 0 Å². The Morgan fingerprint density at radius 3 is 2.54 bits per heavy atom. The minimum atomic E-state index is 0.126. The number of hydrogen-bond donors (Lipinski definition) is 1. The third kappa shape index (κ3) is 4.48. The van der Waals surface area contributed by atoms with Crippen molar-refractivity contribution in [2.24, 2.45) is 5.41 Å². The van der Waals surface area contributed by atoms with Crippen molar-refractivity contribution in [2.75, 3.05) is 52.5 Å². The van der Waals surface area contributed by atoms with Gasteiger partial charge in [-0.05, 0) is 62.1 Å². The fourth-order valence-corrected chi connectivity index (χ4v) is 5.07. The van der Waals surface area contributed by atoms with Crippen LogP contribution in [0.15, 0.2) is 30.3 Å². The maximum Gasteiger partial charge on any atom is 0.0698 e. The van der Waals surface area contributed by atoms with E-state index in [9.17, 15) is 0 Å². The van der Waals surface area contributed by atoms with Crippen LogP contribution in [0.2, 0.25) is 0 Å². The van der Waals surface area contributed by atoms with Gasteiger partial charge in [-0.3, -0.25) is 4.90 Å². The van der Waals surface area contributed by atoms with E-state index in [0.717, 1.165) is 19.2 Å². The van der Waals surface area contributed by atoms with E-state index in [-0.39, 0.29) is 6.61 Å². The van der Waals surface area contributed by atoms with Crippen molar-refractivity contribution in [3.05, 3.63) is 35.9 Å². The lowest BCUT2D eigenvalue weighted by molar-refractivity contribution is 0.000461. The first-order valence-corrected chi connectivity index (χ1v) is 10.5. The second-order valence-electron chi connectivity index (χ2n) is 8.65. The average molecular weight is 359 g/mol. The van der Waals surface area contributed by atoms with Crippen LogP contribution in [0, 0.1) is 5.41 Å². The maximum absolute atomic E-state index is 8.82. The zero-order chi connectivity index (χ0) is 17.8. The van der Waals surface area contributed by atoms with Crippen molar-refractivity contribution in [1.29, 1.82) is 0 Å². The van der Waals surface area contributed by atoms with Crippen LogP contribution in [0.1, 0.15) is 43.6 Å². The zero-order valence-electron chi connectivity index (χ0n) is 16.0. The van der Waals surface area contributed by atoms with Crippen LogP contribution in [0.25, 0.3) is 0 Å². The van der Waals surface area contributed by atoms with Crippen molar-refractivity contribution >= 4 is 0 Å². The van der Waals surface area contributed by atoms with Gasteiger partial charge in [0.15, 0.2) is 0 Å². The molecule has 1 atom stereocenters. The Balaban J connectivity index is 1.37. The number of likely N-dealkylation sites (tertiary alicyclic amines) is 2. The molecule has 1 unspecified atom stereocenters. The summed E-state index contributed by atoms with van der Waals surface area (Å²) < 4.78 is 5.45. The smallest absolute Gasteiger partial charge is 0.0698 e. The zero-order valence-corrected chi connectivity index (χ0v) is 16.0. The van der Waals surface area contributed by atoms with Gasteiger partial charge in [-0.15, -0.1) is 0 Å². The molecule has 1 saturated carbocycles. The summed E-state index contributed by atoms with van der Waals surface area (Å²) in [6, 6.07) is 12.1.